The molecule has 1 amide bonds. The first-order chi connectivity index (χ1) is 15.1. The maximum absolute atomic E-state index is 12.6. The summed E-state index contributed by atoms with van der Waals surface area (Å²) in [6, 6.07) is 13.3. The molecule has 6 nitrogen and oxygen atoms in total. The topological polar surface area (TPSA) is 73.3 Å². The summed E-state index contributed by atoms with van der Waals surface area (Å²) in [6.07, 6.45) is 1.53. The van der Waals surface area contributed by atoms with E-state index in [1.165, 1.54) is 32.3 Å². The Morgan fingerprint density at radius 2 is 1.90 bits per heavy atom. The second kappa shape index (κ2) is 9.55. The first-order valence-corrected chi connectivity index (χ1v) is 11.5. The number of nitrogens with one attached hydrogen (secondary N) is 1. The van der Waals surface area contributed by atoms with Gasteiger partial charge in [-0.25, -0.2) is 9.97 Å². The average Bonchev–Trinajstić information content (AvgIpc) is 3.23. The van der Waals surface area contributed by atoms with Crippen molar-refractivity contribution in [2.24, 2.45) is 0 Å². The number of carbonyl (C=O) groups is 1. The van der Waals surface area contributed by atoms with Crippen LogP contribution in [-0.2, 0) is 4.79 Å². The molecule has 2 heterocycles. The molecule has 0 atom stereocenters. The predicted octanol–water partition coefficient (Wildman–Crippen LogP) is 5.76. The Labute approximate surface area is 192 Å². The van der Waals surface area contributed by atoms with Gasteiger partial charge in [-0.3, -0.25) is 4.79 Å². The highest BCUT2D eigenvalue weighted by Gasteiger charge is 2.16. The first kappa shape index (κ1) is 21.4. The zero-order valence-corrected chi connectivity index (χ0v) is 19.1. The quantitative estimate of drug-likeness (QED) is 0.273. The molecular formula is C22H18ClN3O3S2. The van der Waals surface area contributed by atoms with Crippen LogP contribution in [0.25, 0.3) is 21.3 Å². The zero-order valence-electron chi connectivity index (χ0n) is 16.7. The molecule has 0 saturated carbocycles. The number of hydrogen-bond acceptors (Lipinski definition) is 7. The largest absolute Gasteiger partial charge is 0.495 e. The molecule has 0 aliphatic rings. The highest BCUT2D eigenvalue weighted by molar-refractivity contribution is 8.00. The number of anilines is 1. The second-order valence-electron chi connectivity index (χ2n) is 6.40. The third-order valence-electron chi connectivity index (χ3n) is 4.51. The summed E-state index contributed by atoms with van der Waals surface area (Å²) in [7, 11) is 3.04. The Morgan fingerprint density at radius 1 is 1.13 bits per heavy atom. The van der Waals surface area contributed by atoms with E-state index in [0.717, 1.165) is 26.4 Å². The predicted molar refractivity (Wildman–Crippen MR) is 127 cm³/mol. The van der Waals surface area contributed by atoms with Crippen LogP contribution in [0.2, 0.25) is 5.02 Å². The molecule has 0 aliphatic carbocycles. The molecule has 0 unspecified atom stereocenters. The smallest absolute Gasteiger partial charge is 0.234 e. The van der Waals surface area contributed by atoms with Crippen molar-refractivity contribution < 1.29 is 14.3 Å². The van der Waals surface area contributed by atoms with Crippen LogP contribution >= 0.6 is 34.7 Å². The highest BCUT2D eigenvalue weighted by atomic mass is 35.5. The zero-order chi connectivity index (χ0) is 21.8. The number of carbonyl (C=O) groups excluding carboxylic acids is 1. The Hall–Kier alpha value is -2.81. The lowest BCUT2D eigenvalue weighted by Crippen LogP contribution is -2.15. The van der Waals surface area contributed by atoms with Gasteiger partial charge in [0.25, 0.3) is 0 Å². The number of rotatable bonds is 7. The lowest BCUT2D eigenvalue weighted by Gasteiger charge is -2.13. The third kappa shape index (κ3) is 4.61. The van der Waals surface area contributed by atoms with Crippen LogP contribution in [0, 0.1) is 0 Å². The minimum absolute atomic E-state index is 0.170. The number of methoxy groups -OCH3 is 2. The molecular weight excluding hydrogens is 454 g/mol. The van der Waals surface area contributed by atoms with Crippen LogP contribution in [0.5, 0.6) is 11.5 Å². The fourth-order valence-electron chi connectivity index (χ4n) is 3.07. The summed E-state index contributed by atoms with van der Waals surface area (Å²) < 4.78 is 10.5. The van der Waals surface area contributed by atoms with Crippen molar-refractivity contribution >= 4 is 56.5 Å². The van der Waals surface area contributed by atoms with Gasteiger partial charge in [0.1, 0.15) is 27.7 Å². The van der Waals surface area contributed by atoms with E-state index < -0.39 is 0 Å². The summed E-state index contributed by atoms with van der Waals surface area (Å²) in [5, 5.41) is 7.03. The normalized spacial score (nSPS) is 10.8. The molecule has 158 valence electrons. The van der Waals surface area contributed by atoms with Crippen LogP contribution in [0.15, 0.2) is 59.2 Å². The highest BCUT2D eigenvalue weighted by Crippen LogP contribution is 2.38. The van der Waals surface area contributed by atoms with Gasteiger partial charge in [0.05, 0.1) is 36.1 Å². The molecule has 2 aromatic carbocycles. The Balaban J connectivity index is 1.54. The molecule has 4 aromatic rings. The average molecular weight is 472 g/mol. The molecule has 0 spiro atoms. The van der Waals surface area contributed by atoms with Crippen molar-refractivity contribution in [3.05, 3.63) is 59.2 Å². The number of halogens is 1. The maximum atomic E-state index is 12.6. The monoisotopic (exact) mass is 471 g/mol. The Kier molecular flexibility index (Phi) is 6.60. The number of aromatic nitrogens is 2. The van der Waals surface area contributed by atoms with Crippen LogP contribution < -0.4 is 14.8 Å². The number of fused-ring (bicyclic) bond motifs is 1. The lowest BCUT2D eigenvalue weighted by molar-refractivity contribution is -0.113. The SMILES string of the molecule is COc1cc(OC)c(NC(=O)CSc2ncnc3scc(-c4ccccc4)c23)cc1Cl. The van der Waals surface area contributed by atoms with Crippen LogP contribution in [0.4, 0.5) is 5.69 Å². The van der Waals surface area contributed by atoms with Crippen molar-refractivity contribution in [3.63, 3.8) is 0 Å². The lowest BCUT2D eigenvalue weighted by atomic mass is 10.1. The minimum Gasteiger partial charge on any atom is -0.495 e. The first-order valence-electron chi connectivity index (χ1n) is 9.22. The van der Waals surface area contributed by atoms with E-state index in [1.807, 2.05) is 18.2 Å². The van der Waals surface area contributed by atoms with Crippen LogP contribution in [0.3, 0.4) is 0 Å². The summed E-state index contributed by atoms with van der Waals surface area (Å²) in [6.45, 7) is 0. The van der Waals surface area contributed by atoms with Crippen molar-refractivity contribution in [1.82, 2.24) is 9.97 Å². The fraction of sp³-hybridized carbons (Fsp3) is 0.136. The molecule has 1 N–H and O–H groups in total. The van der Waals surface area contributed by atoms with Crippen molar-refractivity contribution in [2.75, 3.05) is 25.3 Å². The summed E-state index contributed by atoms with van der Waals surface area (Å²) in [5.74, 6) is 0.907. The fourth-order valence-corrected chi connectivity index (χ4v) is 5.10. The van der Waals surface area contributed by atoms with E-state index in [2.05, 4.69) is 32.8 Å². The number of hydrogen-bond donors (Lipinski definition) is 1. The molecule has 0 radical (unpaired) electrons. The molecule has 31 heavy (non-hydrogen) atoms. The summed E-state index contributed by atoms with van der Waals surface area (Å²) in [5.41, 5.74) is 2.63. The van der Waals surface area contributed by atoms with Gasteiger partial charge in [0.15, 0.2) is 0 Å². The molecule has 2 aromatic heterocycles. The van der Waals surface area contributed by atoms with Gasteiger partial charge in [0.2, 0.25) is 5.91 Å². The Morgan fingerprint density at radius 3 is 2.65 bits per heavy atom. The van der Waals surface area contributed by atoms with Gasteiger partial charge in [-0.15, -0.1) is 11.3 Å². The van der Waals surface area contributed by atoms with Crippen molar-refractivity contribution in [3.8, 4) is 22.6 Å². The van der Waals surface area contributed by atoms with Gasteiger partial charge in [0, 0.05) is 17.0 Å². The van der Waals surface area contributed by atoms with E-state index in [4.69, 9.17) is 21.1 Å². The third-order valence-corrected chi connectivity index (χ3v) is 6.68. The van der Waals surface area contributed by atoms with E-state index in [9.17, 15) is 4.79 Å². The number of nitrogens with zero attached hydrogens (tertiary/aromatic N) is 2. The number of amides is 1. The Bertz CT molecular complexity index is 1230. The molecule has 0 saturated heterocycles. The van der Waals surface area contributed by atoms with Gasteiger partial charge < -0.3 is 14.8 Å². The minimum atomic E-state index is -0.201. The number of thioether (sulfide) groups is 1. The van der Waals surface area contributed by atoms with Crippen molar-refractivity contribution in [1.29, 1.82) is 0 Å². The van der Waals surface area contributed by atoms with E-state index in [1.54, 1.807) is 23.5 Å². The van der Waals surface area contributed by atoms with Gasteiger partial charge >= 0.3 is 0 Å². The van der Waals surface area contributed by atoms with E-state index in [-0.39, 0.29) is 11.7 Å². The molecule has 4 rings (SSSR count). The summed E-state index contributed by atoms with van der Waals surface area (Å²) in [4.78, 5) is 22.3. The number of ether oxygens (including phenoxy) is 2. The summed E-state index contributed by atoms with van der Waals surface area (Å²) >= 11 is 9.11. The van der Waals surface area contributed by atoms with Gasteiger partial charge in [-0.2, -0.15) is 0 Å². The number of benzene rings is 2. The standard InChI is InChI=1S/C22H18ClN3O3S2/c1-28-17-9-18(29-2)16(8-15(17)23)26-19(27)11-31-22-20-14(13-6-4-3-5-7-13)10-30-21(20)24-12-25-22/h3-10,12H,11H2,1-2H3,(H,26,27). The molecule has 0 aliphatic heterocycles. The van der Waals surface area contributed by atoms with Crippen LogP contribution in [-0.4, -0.2) is 35.8 Å². The van der Waals surface area contributed by atoms with E-state index in [0.29, 0.717) is 22.2 Å². The molecule has 0 bridgehead atoms. The molecule has 9 heteroatoms. The number of thiophene rings is 1. The second-order valence-corrected chi connectivity index (χ2v) is 8.63. The van der Waals surface area contributed by atoms with E-state index >= 15 is 0 Å². The molecule has 0 fully saturated rings. The van der Waals surface area contributed by atoms with Gasteiger partial charge in [-0.05, 0) is 11.6 Å². The van der Waals surface area contributed by atoms with Gasteiger partial charge in [-0.1, -0.05) is 53.7 Å². The van der Waals surface area contributed by atoms with Crippen LogP contribution in [0.1, 0.15) is 0 Å². The van der Waals surface area contributed by atoms with Crippen molar-refractivity contribution in [2.45, 2.75) is 5.03 Å². The maximum Gasteiger partial charge on any atom is 0.234 e.